The summed E-state index contributed by atoms with van der Waals surface area (Å²) in [5.74, 6) is 0.414. The molecule has 1 aliphatic heterocycles. The molecule has 142 valence electrons. The number of hydrogen-bond donors (Lipinski definition) is 1. The Morgan fingerprint density at radius 1 is 0.857 bits per heavy atom. The molecule has 3 aromatic rings. The normalized spacial score (nSPS) is 18.7. The van der Waals surface area contributed by atoms with Crippen molar-refractivity contribution in [1.82, 2.24) is 0 Å². The maximum atomic E-state index is 6.92. The highest BCUT2D eigenvalue weighted by atomic mass is 32.2. The van der Waals surface area contributed by atoms with Gasteiger partial charge in [-0.05, 0) is 24.3 Å². The standard InChI is InChI=1S/C22H21N3O2S/c1-26-19-12-6-10-17(14-19)22(23)24-21(16-8-4-3-5-9-16)28-25(22)18-11-7-13-20(15-18)27-2/h3-15H,23H2,1-2H3. The van der Waals surface area contributed by atoms with Crippen molar-refractivity contribution in [1.29, 1.82) is 0 Å². The number of hydrogen-bond acceptors (Lipinski definition) is 6. The molecule has 0 fully saturated rings. The van der Waals surface area contributed by atoms with Gasteiger partial charge in [0, 0.05) is 29.1 Å². The molecule has 4 rings (SSSR count). The molecule has 0 amide bonds. The predicted molar refractivity (Wildman–Crippen MR) is 115 cm³/mol. The van der Waals surface area contributed by atoms with Crippen molar-refractivity contribution in [3.63, 3.8) is 0 Å². The first-order valence-corrected chi connectivity index (χ1v) is 9.62. The van der Waals surface area contributed by atoms with Crippen molar-refractivity contribution in [2.45, 2.75) is 5.79 Å². The van der Waals surface area contributed by atoms with Gasteiger partial charge in [-0.25, -0.2) is 4.99 Å². The zero-order chi connectivity index (χ0) is 19.6. The van der Waals surface area contributed by atoms with Gasteiger partial charge in [-0.3, -0.25) is 10.0 Å². The van der Waals surface area contributed by atoms with E-state index in [9.17, 15) is 0 Å². The molecular weight excluding hydrogens is 370 g/mol. The summed E-state index contributed by atoms with van der Waals surface area (Å²) in [7, 11) is 3.30. The molecular formula is C22H21N3O2S. The van der Waals surface area contributed by atoms with Crippen LogP contribution < -0.4 is 19.5 Å². The molecule has 0 radical (unpaired) electrons. The van der Waals surface area contributed by atoms with Gasteiger partial charge in [-0.15, -0.1) is 0 Å². The molecule has 1 atom stereocenters. The maximum absolute atomic E-state index is 6.92. The average molecular weight is 391 g/mol. The lowest BCUT2D eigenvalue weighted by Gasteiger charge is -2.33. The minimum absolute atomic E-state index is 0.737. The number of ether oxygens (including phenoxy) is 2. The number of nitrogens with zero attached hydrogens (tertiary/aromatic N) is 2. The van der Waals surface area contributed by atoms with Crippen molar-refractivity contribution in [2.75, 3.05) is 18.5 Å². The van der Waals surface area contributed by atoms with Crippen LogP contribution >= 0.6 is 11.9 Å². The fraction of sp³-hybridized carbons (Fsp3) is 0.136. The Morgan fingerprint density at radius 3 is 2.25 bits per heavy atom. The highest BCUT2D eigenvalue weighted by Gasteiger charge is 2.42. The molecule has 0 spiro atoms. The second-order valence-electron chi connectivity index (χ2n) is 6.33. The zero-order valence-corrected chi connectivity index (χ0v) is 16.5. The first kappa shape index (κ1) is 18.4. The number of benzene rings is 3. The third kappa shape index (κ3) is 3.32. The van der Waals surface area contributed by atoms with E-state index in [0.29, 0.717) is 0 Å². The zero-order valence-electron chi connectivity index (χ0n) is 15.7. The minimum atomic E-state index is -1.09. The van der Waals surface area contributed by atoms with Gasteiger partial charge in [0.05, 0.1) is 19.9 Å². The molecule has 1 unspecified atom stereocenters. The van der Waals surface area contributed by atoms with Crippen LogP contribution in [0, 0.1) is 0 Å². The van der Waals surface area contributed by atoms with Gasteiger partial charge in [0.2, 0.25) is 5.79 Å². The Balaban J connectivity index is 1.84. The highest BCUT2D eigenvalue weighted by molar-refractivity contribution is 8.15. The van der Waals surface area contributed by atoms with Crippen molar-refractivity contribution in [2.24, 2.45) is 10.7 Å². The Morgan fingerprint density at radius 2 is 1.54 bits per heavy atom. The summed E-state index contributed by atoms with van der Waals surface area (Å²) in [6.07, 6.45) is 0. The third-order valence-corrected chi connectivity index (χ3v) is 5.73. The molecule has 0 saturated carbocycles. The van der Waals surface area contributed by atoms with Crippen LogP contribution in [-0.4, -0.2) is 19.3 Å². The number of aliphatic imine (C=N–C) groups is 1. The lowest BCUT2D eigenvalue weighted by molar-refractivity contribution is 0.410. The highest BCUT2D eigenvalue weighted by Crippen LogP contribution is 2.44. The van der Waals surface area contributed by atoms with Crippen molar-refractivity contribution in [3.8, 4) is 11.5 Å². The van der Waals surface area contributed by atoms with Crippen molar-refractivity contribution < 1.29 is 9.47 Å². The van der Waals surface area contributed by atoms with Crippen LogP contribution in [0.5, 0.6) is 11.5 Å². The Bertz CT molecular complexity index is 1010. The summed E-state index contributed by atoms with van der Waals surface area (Å²) in [4.78, 5) is 4.94. The first-order chi connectivity index (χ1) is 13.6. The molecule has 1 heterocycles. The minimum Gasteiger partial charge on any atom is -0.497 e. The molecule has 28 heavy (non-hydrogen) atoms. The Kier molecular flexibility index (Phi) is 4.98. The summed E-state index contributed by atoms with van der Waals surface area (Å²) in [6.45, 7) is 0. The molecule has 6 heteroatoms. The van der Waals surface area contributed by atoms with Crippen LogP contribution in [0.25, 0.3) is 0 Å². The van der Waals surface area contributed by atoms with Crippen LogP contribution in [0.1, 0.15) is 11.1 Å². The summed E-state index contributed by atoms with van der Waals surface area (Å²) < 4.78 is 12.8. The third-order valence-electron chi connectivity index (χ3n) is 4.56. The lowest BCUT2D eigenvalue weighted by Crippen LogP contribution is -2.46. The van der Waals surface area contributed by atoms with E-state index in [2.05, 4.69) is 0 Å². The second-order valence-corrected chi connectivity index (χ2v) is 7.26. The SMILES string of the molecule is COc1cccc(N2SC(c3ccccc3)=NC2(N)c2cccc(OC)c2)c1. The van der Waals surface area contributed by atoms with Crippen molar-refractivity contribution in [3.05, 3.63) is 90.0 Å². The fourth-order valence-corrected chi connectivity index (χ4v) is 4.19. The fourth-order valence-electron chi connectivity index (χ4n) is 3.09. The topological polar surface area (TPSA) is 60.1 Å². The number of nitrogens with two attached hydrogens (primary N) is 1. The molecule has 1 aliphatic rings. The monoisotopic (exact) mass is 391 g/mol. The summed E-state index contributed by atoms with van der Waals surface area (Å²) in [6, 6.07) is 25.6. The van der Waals surface area contributed by atoms with E-state index in [-0.39, 0.29) is 0 Å². The molecule has 0 saturated heterocycles. The van der Waals surface area contributed by atoms with Crippen LogP contribution in [0.3, 0.4) is 0 Å². The van der Waals surface area contributed by atoms with Gasteiger partial charge in [-0.2, -0.15) is 0 Å². The van der Waals surface area contributed by atoms with Crippen LogP contribution in [-0.2, 0) is 5.79 Å². The first-order valence-electron chi connectivity index (χ1n) is 8.85. The van der Waals surface area contributed by atoms with Gasteiger partial charge in [0.15, 0.2) is 0 Å². The molecule has 2 N–H and O–H groups in total. The molecule has 0 aliphatic carbocycles. The van der Waals surface area contributed by atoms with Crippen LogP contribution in [0.4, 0.5) is 5.69 Å². The van der Waals surface area contributed by atoms with E-state index in [0.717, 1.165) is 33.4 Å². The van der Waals surface area contributed by atoms with E-state index in [1.807, 2.05) is 83.2 Å². The maximum Gasteiger partial charge on any atom is 0.222 e. The van der Waals surface area contributed by atoms with E-state index < -0.39 is 5.79 Å². The van der Waals surface area contributed by atoms with Crippen LogP contribution in [0.15, 0.2) is 83.9 Å². The van der Waals surface area contributed by atoms with E-state index >= 15 is 0 Å². The largest absolute Gasteiger partial charge is 0.497 e. The molecule has 0 bridgehead atoms. The van der Waals surface area contributed by atoms with Crippen LogP contribution in [0.2, 0.25) is 0 Å². The van der Waals surface area contributed by atoms with E-state index in [1.54, 1.807) is 14.2 Å². The molecule has 5 nitrogen and oxygen atoms in total. The van der Waals surface area contributed by atoms with Gasteiger partial charge in [0.1, 0.15) is 16.5 Å². The number of rotatable bonds is 5. The van der Waals surface area contributed by atoms with Gasteiger partial charge in [0.25, 0.3) is 0 Å². The quantitative estimate of drug-likeness (QED) is 0.654. The van der Waals surface area contributed by atoms with Gasteiger partial charge >= 0.3 is 0 Å². The van der Waals surface area contributed by atoms with Gasteiger partial charge < -0.3 is 9.47 Å². The summed E-state index contributed by atoms with van der Waals surface area (Å²) in [5, 5.41) is 0.855. The average Bonchev–Trinajstić information content (AvgIpc) is 3.13. The summed E-state index contributed by atoms with van der Waals surface area (Å²) >= 11 is 1.51. The predicted octanol–water partition coefficient (Wildman–Crippen LogP) is 4.39. The summed E-state index contributed by atoms with van der Waals surface area (Å²) in [5.41, 5.74) is 9.69. The smallest absolute Gasteiger partial charge is 0.222 e. The molecule has 3 aromatic carbocycles. The van der Waals surface area contributed by atoms with E-state index in [4.69, 9.17) is 20.2 Å². The molecule has 0 aromatic heterocycles. The second kappa shape index (κ2) is 7.58. The van der Waals surface area contributed by atoms with Crippen molar-refractivity contribution >= 4 is 22.7 Å². The van der Waals surface area contributed by atoms with Gasteiger partial charge in [-0.1, -0.05) is 48.5 Å². The lowest BCUT2D eigenvalue weighted by atomic mass is 10.1. The number of anilines is 1. The Labute approximate surface area is 168 Å². The number of methoxy groups -OCH3 is 2. The van der Waals surface area contributed by atoms with E-state index in [1.165, 1.54) is 11.9 Å². The Hall–Kier alpha value is -2.96.